The number of aryl methyl sites for hydroxylation is 1. The normalized spacial score (nSPS) is 10.5. The lowest BCUT2D eigenvalue weighted by molar-refractivity contribution is 0.633. The van der Waals surface area contributed by atoms with E-state index in [4.69, 9.17) is 0 Å². The molecule has 0 radical (unpaired) electrons. The molecule has 0 fully saturated rings. The number of halogens is 1. The van der Waals surface area contributed by atoms with Crippen LogP contribution in [0.15, 0.2) is 30.6 Å². The number of nitrogens with zero attached hydrogens (tertiary/aromatic N) is 1. The molecule has 0 bridgehead atoms. The molecule has 0 aliphatic carbocycles. The van der Waals surface area contributed by atoms with Crippen LogP contribution in [-0.2, 0) is 0 Å². The van der Waals surface area contributed by atoms with E-state index >= 15 is 0 Å². The number of rotatable bonds is 0. The molecule has 0 saturated carbocycles. The summed E-state index contributed by atoms with van der Waals surface area (Å²) < 4.78 is 13.2. The van der Waals surface area contributed by atoms with Gasteiger partial charge in [0.15, 0.2) is 0 Å². The van der Waals surface area contributed by atoms with Gasteiger partial charge in [-0.1, -0.05) is 18.2 Å². The summed E-state index contributed by atoms with van der Waals surface area (Å²) in [7, 11) is 0. The average Bonchev–Trinajstić information content (AvgIpc) is 2.04. The van der Waals surface area contributed by atoms with E-state index in [1.807, 2.05) is 25.1 Å². The SMILES string of the molecule is Cc1cccc2cncc(F)c12. The predicted molar refractivity (Wildman–Crippen MR) is 46.4 cm³/mol. The van der Waals surface area contributed by atoms with Gasteiger partial charge >= 0.3 is 0 Å². The molecular formula is C10H8FN. The van der Waals surface area contributed by atoms with Gasteiger partial charge in [-0.05, 0) is 12.5 Å². The molecule has 0 spiro atoms. The second kappa shape index (κ2) is 2.55. The summed E-state index contributed by atoms with van der Waals surface area (Å²) in [4.78, 5) is 3.78. The second-order valence-electron chi connectivity index (χ2n) is 2.79. The Bertz CT molecular complexity index is 386. The highest BCUT2D eigenvalue weighted by Gasteiger charge is 2.01. The van der Waals surface area contributed by atoms with E-state index in [2.05, 4.69) is 4.98 Å². The zero-order valence-corrected chi connectivity index (χ0v) is 6.71. The van der Waals surface area contributed by atoms with Gasteiger partial charge in [0, 0.05) is 17.0 Å². The maximum Gasteiger partial charge on any atom is 0.149 e. The van der Waals surface area contributed by atoms with E-state index in [1.165, 1.54) is 6.20 Å². The van der Waals surface area contributed by atoms with Gasteiger partial charge in [-0.25, -0.2) is 4.39 Å². The molecule has 1 nitrogen and oxygen atoms in total. The number of fused-ring (bicyclic) bond motifs is 1. The van der Waals surface area contributed by atoms with Crippen LogP contribution in [0.5, 0.6) is 0 Å². The van der Waals surface area contributed by atoms with E-state index in [-0.39, 0.29) is 5.82 Å². The number of pyridine rings is 1. The van der Waals surface area contributed by atoms with Crippen LogP contribution < -0.4 is 0 Å². The summed E-state index contributed by atoms with van der Waals surface area (Å²) in [5.41, 5.74) is 0.951. The van der Waals surface area contributed by atoms with E-state index in [9.17, 15) is 4.39 Å². The first-order valence-electron chi connectivity index (χ1n) is 3.78. The molecular weight excluding hydrogens is 153 g/mol. The van der Waals surface area contributed by atoms with E-state index in [1.54, 1.807) is 6.20 Å². The third kappa shape index (κ3) is 0.961. The van der Waals surface area contributed by atoms with Crippen molar-refractivity contribution in [1.82, 2.24) is 4.98 Å². The fourth-order valence-corrected chi connectivity index (χ4v) is 1.37. The highest BCUT2D eigenvalue weighted by atomic mass is 19.1. The van der Waals surface area contributed by atoms with Crippen molar-refractivity contribution in [2.45, 2.75) is 6.92 Å². The molecule has 2 heteroatoms. The molecule has 0 unspecified atom stereocenters. The van der Waals surface area contributed by atoms with Crippen molar-refractivity contribution < 1.29 is 4.39 Å². The fourth-order valence-electron chi connectivity index (χ4n) is 1.37. The van der Waals surface area contributed by atoms with Crippen LogP contribution in [0.1, 0.15) is 5.56 Å². The molecule has 0 aliphatic heterocycles. The minimum absolute atomic E-state index is 0.245. The van der Waals surface area contributed by atoms with Crippen molar-refractivity contribution in [2.24, 2.45) is 0 Å². The molecule has 1 aromatic carbocycles. The number of hydrogen-bond acceptors (Lipinski definition) is 1. The molecule has 2 rings (SSSR count). The maximum absolute atomic E-state index is 13.2. The molecule has 0 saturated heterocycles. The lowest BCUT2D eigenvalue weighted by atomic mass is 10.1. The second-order valence-corrected chi connectivity index (χ2v) is 2.79. The van der Waals surface area contributed by atoms with Gasteiger partial charge in [-0.2, -0.15) is 0 Å². The standard InChI is InChI=1S/C10H8FN/c1-7-3-2-4-8-5-12-6-9(11)10(7)8/h2-6H,1H3. The molecule has 12 heavy (non-hydrogen) atoms. The van der Waals surface area contributed by atoms with Gasteiger partial charge in [0.05, 0.1) is 6.20 Å². The number of hydrogen-bond donors (Lipinski definition) is 0. The maximum atomic E-state index is 13.2. The summed E-state index contributed by atoms with van der Waals surface area (Å²) in [6.45, 7) is 1.89. The molecule has 2 aromatic rings. The molecule has 0 amide bonds. The van der Waals surface area contributed by atoms with Crippen LogP contribution >= 0.6 is 0 Å². The Kier molecular flexibility index (Phi) is 1.54. The van der Waals surface area contributed by atoms with Crippen molar-refractivity contribution in [2.75, 3.05) is 0 Å². The third-order valence-corrected chi connectivity index (χ3v) is 1.95. The van der Waals surface area contributed by atoms with Crippen molar-refractivity contribution in [1.29, 1.82) is 0 Å². The van der Waals surface area contributed by atoms with Crippen LogP contribution in [0.3, 0.4) is 0 Å². The fraction of sp³-hybridized carbons (Fsp3) is 0.100. The molecule has 60 valence electrons. The predicted octanol–water partition coefficient (Wildman–Crippen LogP) is 2.68. The van der Waals surface area contributed by atoms with Gasteiger partial charge in [0.2, 0.25) is 0 Å². The van der Waals surface area contributed by atoms with Gasteiger partial charge in [-0.3, -0.25) is 4.98 Å². The first-order valence-corrected chi connectivity index (χ1v) is 3.78. The quantitative estimate of drug-likeness (QED) is 0.578. The van der Waals surface area contributed by atoms with Crippen LogP contribution in [0.4, 0.5) is 4.39 Å². The van der Waals surface area contributed by atoms with Crippen LogP contribution in [0, 0.1) is 12.7 Å². The largest absolute Gasteiger partial charge is 0.261 e. The smallest absolute Gasteiger partial charge is 0.149 e. The minimum atomic E-state index is -0.245. The van der Waals surface area contributed by atoms with E-state index in [0.717, 1.165) is 10.9 Å². The van der Waals surface area contributed by atoms with E-state index in [0.29, 0.717) is 5.39 Å². The Balaban J connectivity index is 2.96. The number of aromatic nitrogens is 1. The van der Waals surface area contributed by atoms with Gasteiger partial charge < -0.3 is 0 Å². The molecule has 1 aromatic heterocycles. The Morgan fingerprint density at radius 2 is 2.08 bits per heavy atom. The summed E-state index contributed by atoms with van der Waals surface area (Å²) in [6, 6.07) is 5.66. The minimum Gasteiger partial charge on any atom is -0.261 e. The van der Waals surface area contributed by atoms with Crippen molar-refractivity contribution >= 4 is 10.8 Å². The summed E-state index contributed by atoms with van der Waals surface area (Å²) in [5, 5.41) is 1.53. The highest BCUT2D eigenvalue weighted by molar-refractivity contribution is 5.85. The topological polar surface area (TPSA) is 12.9 Å². The van der Waals surface area contributed by atoms with Crippen LogP contribution in [-0.4, -0.2) is 4.98 Å². The Labute approximate surface area is 69.9 Å². The Morgan fingerprint density at radius 1 is 1.25 bits per heavy atom. The van der Waals surface area contributed by atoms with Crippen LogP contribution in [0.25, 0.3) is 10.8 Å². The molecule has 1 heterocycles. The van der Waals surface area contributed by atoms with Crippen LogP contribution in [0.2, 0.25) is 0 Å². The molecule has 0 N–H and O–H groups in total. The average molecular weight is 161 g/mol. The third-order valence-electron chi connectivity index (χ3n) is 1.95. The first-order chi connectivity index (χ1) is 5.79. The van der Waals surface area contributed by atoms with E-state index < -0.39 is 0 Å². The summed E-state index contributed by atoms with van der Waals surface area (Å²) >= 11 is 0. The Hall–Kier alpha value is -1.44. The van der Waals surface area contributed by atoms with Crippen molar-refractivity contribution in [3.8, 4) is 0 Å². The monoisotopic (exact) mass is 161 g/mol. The van der Waals surface area contributed by atoms with Crippen molar-refractivity contribution in [3.05, 3.63) is 42.0 Å². The summed E-state index contributed by atoms with van der Waals surface area (Å²) in [6.07, 6.45) is 2.92. The lowest BCUT2D eigenvalue weighted by Gasteiger charge is -2.00. The Morgan fingerprint density at radius 3 is 2.83 bits per heavy atom. The summed E-state index contributed by atoms with van der Waals surface area (Å²) in [5.74, 6) is -0.245. The van der Waals surface area contributed by atoms with Crippen molar-refractivity contribution in [3.63, 3.8) is 0 Å². The molecule has 0 aliphatic rings. The van der Waals surface area contributed by atoms with Gasteiger partial charge in [0.1, 0.15) is 5.82 Å². The van der Waals surface area contributed by atoms with Gasteiger partial charge in [-0.15, -0.1) is 0 Å². The first kappa shape index (κ1) is 7.22. The highest BCUT2D eigenvalue weighted by Crippen LogP contribution is 2.19. The lowest BCUT2D eigenvalue weighted by Crippen LogP contribution is -1.84. The zero-order valence-electron chi connectivity index (χ0n) is 6.71. The zero-order chi connectivity index (χ0) is 8.55. The number of benzene rings is 1. The molecule has 0 atom stereocenters. The van der Waals surface area contributed by atoms with Gasteiger partial charge in [0.25, 0.3) is 0 Å².